The average Bonchev–Trinajstić information content (AvgIpc) is 1.77. The summed E-state index contributed by atoms with van der Waals surface area (Å²) in [5.74, 6) is 0. The van der Waals surface area contributed by atoms with Gasteiger partial charge in [0.05, 0.1) is 0 Å². The van der Waals surface area contributed by atoms with Gasteiger partial charge in [0.25, 0.3) is 0 Å². The highest BCUT2D eigenvalue weighted by atomic mass is 79.9. The number of rotatable bonds is 0. The van der Waals surface area contributed by atoms with Crippen molar-refractivity contribution in [3.8, 4) is 0 Å². The average molecular weight is 170 g/mol. The topological polar surface area (TPSA) is 0 Å². The van der Waals surface area contributed by atoms with Gasteiger partial charge in [-0.2, -0.15) is 24.6 Å². The monoisotopic (exact) mass is 169 g/mol. The SMILES string of the molecule is [CH2-]c1ccc(Br)cc1. The Morgan fingerprint density at radius 1 is 1.12 bits per heavy atom. The molecule has 0 N–H and O–H groups in total. The standard InChI is InChI=1S/C7H6Br/c1-6-2-4-7(8)5-3-6/h2-5H,1H2/q-1. The second-order valence-corrected chi connectivity index (χ2v) is 2.54. The predicted molar refractivity (Wildman–Crippen MR) is 38.6 cm³/mol. The quantitative estimate of drug-likeness (QED) is 0.525. The summed E-state index contributed by atoms with van der Waals surface area (Å²) in [6.07, 6.45) is 0. The van der Waals surface area contributed by atoms with Gasteiger partial charge in [-0.15, -0.1) is 12.1 Å². The second kappa shape index (κ2) is 2.23. The molecule has 0 bridgehead atoms. The Labute approximate surface area is 57.7 Å². The van der Waals surface area contributed by atoms with Crippen molar-refractivity contribution in [3.05, 3.63) is 41.2 Å². The molecule has 0 saturated carbocycles. The van der Waals surface area contributed by atoms with E-state index in [1.54, 1.807) is 0 Å². The lowest BCUT2D eigenvalue weighted by Crippen LogP contribution is -1.66. The van der Waals surface area contributed by atoms with E-state index in [0.29, 0.717) is 0 Å². The van der Waals surface area contributed by atoms with Crippen LogP contribution in [0.1, 0.15) is 5.56 Å². The van der Waals surface area contributed by atoms with Gasteiger partial charge in [-0.1, -0.05) is 15.9 Å². The highest BCUT2D eigenvalue weighted by Crippen LogP contribution is 2.08. The summed E-state index contributed by atoms with van der Waals surface area (Å²) in [4.78, 5) is 0. The van der Waals surface area contributed by atoms with E-state index >= 15 is 0 Å². The fraction of sp³-hybridized carbons (Fsp3) is 0. The first kappa shape index (κ1) is 5.70. The maximum Gasteiger partial charge on any atom is -0.00667 e. The highest BCUT2D eigenvalue weighted by molar-refractivity contribution is 9.10. The molecule has 0 saturated heterocycles. The minimum absolute atomic E-state index is 1.05. The van der Waals surface area contributed by atoms with Gasteiger partial charge in [-0.05, 0) is 4.47 Å². The van der Waals surface area contributed by atoms with Gasteiger partial charge >= 0.3 is 0 Å². The van der Waals surface area contributed by atoms with Crippen molar-refractivity contribution in [3.63, 3.8) is 0 Å². The van der Waals surface area contributed by atoms with Crippen LogP contribution < -0.4 is 0 Å². The lowest BCUT2D eigenvalue weighted by atomic mass is 10.2. The number of benzene rings is 1. The first-order chi connectivity index (χ1) is 3.79. The van der Waals surface area contributed by atoms with Crippen LogP contribution in [0.4, 0.5) is 0 Å². The summed E-state index contributed by atoms with van der Waals surface area (Å²) >= 11 is 3.32. The molecule has 8 heavy (non-hydrogen) atoms. The van der Waals surface area contributed by atoms with Crippen molar-refractivity contribution < 1.29 is 0 Å². The van der Waals surface area contributed by atoms with Crippen LogP contribution in [-0.2, 0) is 0 Å². The van der Waals surface area contributed by atoms with Gasteiger partial charge in [0, 0.05) is 0 Å². The largest absolute Gasteiger partial charge is 0.199 e. The van der Waals surface area contributed by atoms with Crippen LogP contribution >= 0.6 is 15.9 Å². The zero-order valence-electron chi connectivity index (χ0n) is 4.39. The second-order valence-electron chi connectivity index (χ2n) is 1.63. The third-order valence-electron chi connectivity index (χ3n) is 0.913. The Hall–Kier alpha value is -0.430. The third kappa shape index (κ3) is 1.27. The first-order valence-electron chi connectivity index (χ1n) is 2.36. The van der Waals surface area contributed by atoms with Crippen LogP contribution in [0.25, 0.3) is 0 Å². The van der Waals surface area contributed by atoms with E-state index in [0.717, 1.165) is 10.0 Å². The predicted octanol–water partition coefficient (Wildman–Crippen LogP) is 2.63. The number of halogens is 1. The molecule has 0 radical (unpaired) electrons. The van der Waals surface area contributed by atoms with E-state index in [-0.39, 0.29) is 0 Å². The summed E-state index contributed by atoms with van der Waals surface area (Å²) in [7, 11) is 0. The number of hydrogen-bond acceptors (Lipinski definition) is 0. The van der Waals surface area contributed by atoms with Crippen molar-refractivity contribution in [1.29, 1.82) is 0 Å². The minimum Gasteiger partial charge on any atom is -0.199 e. The van der Waals surface area contributed by atoms with E-state index in [9.17, 15) is 0 Å². The lowest BCUT2D eigenvalue weighted by Gasteiger charge is -1.97. The Morgan fingerprint density at radius 3 is 2.00 bits per heavy atom. The molecule has 0 heterocycles. The van der Waals surface area contributed by atoms with Crippen LogP contribution in [-0.4, -0.2) is 0 Å². The van der Waals surface area contributed by atoms with E-state index in [2.05, 4.69) is 22.9 Å². The molecule has 0 unspecified atom stereocenters. The zero-order chi connectivity index (χ0) is 5.98. The summed E-state index contributed by atoms with van der Waals surface area (Å²) in [5, 5.41) is 0. The van der Waals surface area contributed by atoms with Crippen molar-refractivity contribution in [2.75, 3.05) is 0 Å². The van der Waals surface area contributed by atoms with Gasteiger partial charge in [0.2, 0.25) is 0 Å². The zero-order valence-corrected chi connectivity index (χ0v) is 5.98. The molecule has 0 atom stereocenters. The molecule has 0 aromatic heterocycles. The molecule has 1 heteroatoms. The maximum atomic E-state index is 3.74. The molecule has 0 aliphatic heterocycles. The van der Waals surface area contributed by atoms with E-state index in [1.165, 1.54) is 0 Å². The van der Waals surface area contributed by atoms with Crippen LogP contribution in [0.3, 0.4) is 0 Å². The Kier molecular flexibility index (Phi) is 1.59. The third-order valence-corrected chi connectivity index (χ3v) is 1.44. The first-order valence-corrected chi connectivity index (χ1v) is 3.16. The Morgan fingerprint density at radius 2 is 1.62 bits per heavy atom. The molecule has 1 aromatic carbocycles. The maximum absolute atomic E-state index is 3.74. The number of hydrogen-bond donors (Lipinski definition) is 0. The molecular formula is C7H6Br-. The van der Waals surface area contributed by atoms with Gasteiger partial charge in [0.1, 0.15) is 0 Å². The van der Waals surface area contributed by atoms with Gasteiger partial charge in [0.15, 0.2) is 0 Å². The van der Waals surface area contributed by atoms with Crippen LogP contribution in [0.2, 0.25) is 0 Å². The molecule has 1 aromatic rings. The molecule has 0 aliphatic carbocycles. The van der Waals surface area contributed by atoms with Crippen molar-refractivity contribution >= 4 is 15.9 Å². The summed E-state index contributed by atoms with van der Waals surface area (Å²) in [5.41, 5.74) is 1.05. The van der Waals surface area contributed by atoms with Gasteiger partial charge < -0.3 is 0 Å². The Balaban J connectivity index is 3.03. The summed E-state index contributed by atoms with van der Waals surface area (Å²) < 4.78 is 1.10. The molecular weight excluding hydrogens is 164 g/mol. The molecule has 1 rings (SSSR count). The fourth-order valence-corrected chi connectivity index (χ4v) is 0.749. The summed E-state index contributed by atoms with van der Waals surface area (Å²) in [6, 6.07) is 7.87. The molecule has 0 amide bonds. The lowest BCUT2D eigenvalue weighted by molar-refractivity contribution is 1.58. The smallest absolute Gasteiger partial charge is 0.00667 e. The van der Waals surface area contributed by atoms with Crippen molar-refractivity contribution in [2.45, 2.75) is 0 Å². The van der Waals surface area contributed by atoms with Crippen LogP contribution in [0, 0.1) is 6.92 Å². The van der Waals surface area contributed by atoms with Crippen molar-refractivity contribution in [2.24, 2.45) is 0 Å². The van der Waals surface area contributed by atoms with E-state index in [4.69, 9.17) is 0 Å². The minimum atomic E-state index is 1.05. The molecule has 0 fully saturated rings. The molecule has 0 spiro atoms. The highest BCUT2D eigenvalue weighted by Gasteiger charge is 1.74. The van der Waals surface area contributed by atoms with Gasteiger partial charge in [-0.3, -0.25) is 0 Å². The van der Waals surface area contributed by atoms with Crippen LogP contribution in [0.5, 0.6) is 0 Å². The van der Waals surface area contributed by atoms with E-state index in [1.807, 2.05) is 24.3 Å². The van der Waals surface area contributed by atoms with Gasteiger partial charge in [-0.25, -0.2) is 0 Å². The summed E-state index contributed by atoms with van der Waals surface area (Å²) in [6.45, 7) is 3.74. The Bertz CT molecular complexity index is 143. The normalized spacial score (nSPS) is 9.12. The molecule has 0 aliphatic rings. The van der Waals surface area contributed by atoms with E-state index < -0.39 is 0 Å². The fourth-order valence-electron chi connectivity index (χ4n) is 0.484. The molecule has 42 valence electrons. The van der Waals surface area contributed by atoms with Crippen molar-refractivity contribution in [1.82, 2.24) is 0 Å². The van der Waals surface area contributed by atoms with Crippen LogP contribution in [0.15, 0.2) is 28.7 Å². The molecule has 0 nitrogen and oxygen atoms in total.